The Labute approximate surface area is 99.9 Å². The van der Waals surface area contributed by atoms with E-state index in [4.69, 9.17) is 5.11 Å². The number of likely N-dealkylation sites (tertiary alicyclic amines) is 1. The zero-order valence-corrected chi connectivity index (χ0v) is 9.50. The molecule has 0 radical (unpaired) electrons. The Kier molecular flexibility index (Phi) is 3.54. The van der Waals surface area contributed by atoms with Crippen molar-refractivity contribution in [2.24, 2.45) is 0 Å². The molecule has 1 atom stereocenters. The Bertz CT molecular complexity index is 416. The number of rotatable bonds is 5. The fraction of sp³-hybridized carbons (Fsp3) is 0.385. The number of amides is 1. The first-order valence-corrected chi connectivity index (χ1v) is 5.69. The molecule has 1 N–H and O–H groups in total. The molecule has 1 heterocycles. The number of carbonyl (C=O) groups excluding carboxylic acids is 2. The van der Waals surface area contributed by atoms with Crippen LogP contribution in [0.2, 0.25) is 0 Å². The predicted octanol–water partition coefficient (Wildman–Crippen LogP) is 0.391. The number of Topliss-reactive ketones (excluding diaryl/α,β-unsaturated/α-hetero) is 1. The van der Waals surface area contributed by atoms with Gasteiger partial charge in [-0.2, -0.15) is 0 Å². The molecule has 1 unspecified atom stereocenters. The van der Waals surface area contributed by atoms with Gasteiger partial charge in [0.05, 0.1) is 13.1 Å². The van der Waals surface area contributed by atoms with Crippen molar-refractivity contribution in [3.8, 4) is 0 Å². The van der Waals surface area contributed by atoms with Crippen LogP contribution in [0.4, 0.5) is 0 Å². The zero-order chi connectivity index (χ0) is 12.3. The second-order valence-corrected chi connectivity index (χ2v) is 4.26. The molecule has 0 spiro atoms. The van der Waals surface area contributed by atoms with Crippen LogP contribution in [0.1, 0.15) is 12.0 Å². The van der Waals surface area contributed by atoms with E-state index < -0.39 is 6.10 Å². The molecule has 2 rings (SSSR count). The van der Waals surface area contributed by atoms with Gasteiger partial charge in [-0.1, -0.05) is 30.3 Å². The van der Waals surface area contributed by atoms with Crippen LogP contribution in [0, 0.1) is 0 Å². The Morgan fingerprint density at radius 3 is 2.65 bits per heavy atom. The van der Waals surface area contributed by atoms with Gasteiger partial charge < -0.3 is 10.0 Å². The maximum Gasteiger partial charge on any atom is 0.253 e. The lowest BCUT2D eigenvalue weighted by Gasteiger charge is -2.34. The van der Waals surface area contributed by atoms with Gasteiger partial charge in [0.25, 0.3) is 5.91 Å². The van der Waals surface area contributed by atoms with Crippen molar-refractivity contribution in [1.29, 1.82) is 0 Å². The molecule has 0 aromatic heterocycles. The highest BCUT2D eigenvalue weighted by atomic mass is 16.3. The highest BCUT2D eigenvalue weighted by Crippen LogP contribution is 2.10. The summed E-state index contributed by atoms with van der Waals surface area (Å²) in [5, 5.41) is 9.01. The highest BCUT2D eigenvalue weighted by molar-refractivity contribution is 5.91. The van der Waals surface area contributed by atoms with E-state index >= 15 is 0 Å². The average molecular weight is 233 g/mol. The lowest BCUT2D eigenvalue weighted by atomic mass is 10.1. The first-order chi connectivity index (χ1) is 8.16. The molecule has 0 bridgehead atoms. The number of β-amino-alcohol motifs (C(OH)–C–C–N with tert-alkyl or cyclic N) is 1. The van der Waals surface area contributed by atoms with Crippen LogP contribution in [0.3, 0.4) is 0 Å². The summed E-state index contributed by atoms with van der Waals surface area (Å²) >= 11 is 0. The first kappa shape index (κ1) is 11.8. The van der Waals surface area contributed by atoms with Crippen molar-refractivity contribution in [2.45, 2.75) is 18.9 Å². The molecule has 1 fully saturated rings. The van der Waals surface area contributed by atoms with E-state index in [-0.39, 0.29) is 24.8 Å². The molecule has 0 saturated carbocycles. The largest absolute Gasteiger partial charge is 0.381 e. The summed E-state index contributed by atoms with van der Waals surface area (Å²) in [5.41, 5.74) is 1.12. The Morgan fingerprint density at radius 2 is 2.06 bits per heavy atom. The molecule has 1 aliphatic heterocycles. The Balaban J connectivity index is 1.73. The van der Waals surface area contributed by atoms with Crippen molar-refractivity contribution in [3.05, 3.63) is 35.9 Å². The second-order valence-electron chi connectivity index (χ2n) is 4.26. The van der Waals surface area contributed by atoms with Crippen LogP contribution in [0.15, 0.2) is 30.3 Å². The fourth-order valence-corrected chi connectivity index (χ4v) is 1.84. The molecule has 1 aliphatic rings. The van der Waals surface area contributed by atoms with Crippen molar-refractivity contribution in [3.63, 3.8) is 0 Å². The van der Waals surface area contributed by atoms with Crippen LogP contribution in [0.25, 0.3) is 0 Å². The van der Waals surface area contributed by atoms with Crippen LogP contribution in [0.5, 0.6) is 0 Å². The first-order valence-electron chi connectivity index (χ1n) is 5.69. The van der Waals surface area contributed by atoms with Gasteiger partial charge in [0.1, 0.15) is 6.10 Å². The number of hydrogen-bond acceptors (Lipinski definition) is 3. The predicted molar refractivity (Wildman–Crippen MR) is 62.4 cm³/mol. The molecule has 90 valence electrons. The summed E-state index contributed by atoms with van der Waals surface area (Å²) in [6.45, 7) is 0.415. The van der Waals surface area contributed by atoms with Crippen LogP contribution >= 0.6 is 0 Å². The number of benzene rings is 1. The molecular formula is C13H15NO3. The van der Waals surface area contributed by atoms with E-state index in [1.807, 2.05) is 30.3 Å². The summed E-state index contributed by atoms with van der Waals surface area (Å²) in [7, 11) is 0. The number of aliphatic hydroxyl groups is 1. The van der Waals surface area contributed by atoms with E-state index in [1.54, 1.807) is 0 Å². The van der Waals surface area contributed by atoms with Gasteiger partial charge in [0, 0.05) is 6.42 Å². The second kappa shape index (κ2) is 5.10. The van der Waals surface area contributed by atoms with Gasteiger partial charge in [-0.05, 0) is 12.0 Å². The third kappa shape index (κ3) is 2.91. The lowest BCUT2D eigenvalue weighted by molar-refractivity contribution is -0.157. The number of carbonyl (C=O) groups is 2. The van der Waals surface area contributed by atoms with E-state index in [0.717, 1.165) is 5.56 Å². The van der Waals surface area contributed by atoms with Crippen molar-refractivity contribution in [2.75, 3.05) is 13.1 Å². The normalized spacial score (nSPS) is 19.0. The molecular weight excluding hydrogens is 218 g/mol. The standard InChI is InChI=1S/C13H15NO3/c15-11(8-14-9-12(16)13(14)17)7-6-10-4-2-1-3-5-10/h1-5,12,16H,6-9H2. The third-order valence-corrected chi connectivity index (χ3v) is 2.89. The topological polar surface area (TPSA) is 57.6 Å². The molecule has 1 aromatic carbocycles. The smallest absolute Gasteiger partial charge is 0.253 e. The maximum absolute atomic E-state index is 11.6. The minimum absolute atomic E-state index is 0.0362. The van der Waals surface area contributed by atoms with Crippen molar-refractivity contribution >= 4 is 11.7 Å². The molecule has 0 aliphatic carbocycles. The van der Waals surface area contributed by atoms with Gasteiger partial charge in [0.2, 0.25) is 0 Å². The molecule has 4 heteroatoms. The molecule has 17 heavy (non-hydrogen) atoms. The third-order valence-electron chi connectivity index (χ3n) is 2.89. The minimum Gasteiger partial charge on any atom is -0.381 e. The quantitative estimate of drug-likeness (QED) is 0.748. The molecule has 1 aromatic rings. The fourth-order valence-electron chi connectivity index (χ4n) is 1.84. The van der Waals surface area contributed by atoms with Gasteiger partial charge in [0.15, 0.2) is 5.78 Å². The summed E-state index contributed by atoms with van der Waals surface area (Å²) in [4.78, 5) is 24.1. The van der Waals surface area contributed by atoms with Gasteiger partial charge in [-0.15, -0.1) is 0 Å². The van der Waals surface area contributed by atoms with E-state index in [1.165, 1.54) is 4.90 Å². The number of nitrogens with zero attached hydrogens (tertiary/aromatic N) is 1. The number of aryl methyl sites for hydroxylation is 1. The number of ketones is 1. The molecule has 4 nitrogen and oxygen atoms in total. The van der Waals surface area contributed by atoms with Crippen LogP contribution in [-0.2, 0) is 16.0 Å². The molecule has 1 saturated heterocycles. The number of hydrogen-bond donors (Lipinski definition) is 1. The number of β-lactam (4-membered cyclic amide) rings is 1. The number of aliphatic hydroxyl groups excluding tert-OH is 1. The van der Waals surface area contributed by atoms with Gasteiger partial charge in [-0.25, -0.2) is 0 Å². The highest BCUT2D eigenvalue weighted by Gasteiger charge is 2.35. The van der Waals surface area contributed by atoms with Gasteiger partial charge >= 0.3 is 0 Å². The van der Waals surface area contributed by atoms with Gasteiger partial charge in [-0.3, -0.25) is 9.59 Å². The van der Waals surface area contributed by atoms with Crippen LogP contribution < -0.4 is 0 Å². The monoisotopic (exact) mass is 233 g/mol. The summed E-state index contributed by atoms with van der Waals surface area (Å²) in [5.74, 6) is -0.299. The minimum atomic E-state index is -0.892. The SMILES string of the molecule is O=C(CCc1ccccc1)CN1CC(O)C1=O. The molecule has 1 amide bonds. The summed E-state index contributed by atoms with van der Waals surface area (Å²) in [6.07, 6.45) is 0.241. The maximum atomic E-state index is 11.6. The van der Waals surface area contributed by atoms with Crippen molar-refractivity contribution in [1.82, 2.24) is 4.90 Å². The van der Waals surface area contributed by atoms with E-state index in [0.29, 0.717) is 12.8 Å². The summed E-state index contributed by atoms with van der Waals surface area (Å²) < 4.78 is 0. The average Bonchev–Trinajstić information content (AvgIpc) is 2.37. The lowest BCUT2D eigenvalue weighted by Crippen LogP contribution is -2.57. The Morgan fingerprint density at radius 1 is 1.35 bits per heavy atom. The Hall–Kier alpha value is -1.68. The summed E-state index contributed by atoms with van der Waals surface area (Å²) in [6, 6.07) is 9.77. The van der Waals surface area contributed by atoms with Crippen LogP contribution in [-0.4, -0.2) is 40.9 Å². The van der Waals surface area contributed by atoms with Crippen molar-refractivity contribution < 1.29 is 14.7 Å². The van der Waals surface area contributed by atoms with E-state index in [2.05, 4.69) is 0 Å². The zero-order valence-electron chi connectivity index (χ0n) is 9.50. The van der Waals surface area contributed by atoms with E-state index in [9.17, 15) is 9.59 Å².